The summed E-state index contributed by atoms with van der Waals surface area (Å²) in [6.07, 6.45) is 2.72. The predicted octanol–water partition coefficient (Wildman–Crippen LogP) is 4.30. The van der Waals surface area contributed by atoms with E-state index in [0.717, 1.165) is 31.4 Å². The Morgan fingerprint density at radius 2 is 1.00 bits per heavy atom. The Kier molecular flexibility index (Phi) is 6.99. The number of piperidine rings is 2. The summed E-state index contributed by atoms with van der Waals surface area (Å²) in [4.78, 5) is 27.9. The molecule has 0 spiro atoms. The van der Waals surface area contributed by atoms with Crippen LogP contribution in [-0.2, 0) is 9.47 Å². The Balaban J connectivity index is 1.77. The number of hydrogen-bond donors (Lipinski definition) is 1. The molecule has 2 fully saturated rings. The molecule has 2 heterocycles. The van der Waals surface area contributed by atoms with Gasteiger partial charge in [-0.15, -0.1) is 0 Å². The Morgan fingerprint density at radius 3 is 1.25 bits per heavy atom. The van der Waals surface area contributed by atoms with Crippen LogP contribution < -0.4 is 0 Å². The third-order valence-electron chi connectivity index (χ3n) is 5.17. The van der Waals surface area contributed by atoms with Gasteiger partial charge < -0.3 is 24.7 Å². The van der Waals surface area contributed by atoms with Crippen molar-refractivity contribution in [1.29, 1.82) is 5.41 Å². The lowest BCUT2D eigenvalue weighted by molar-refractivity contribution is 0.0197. The van der Waals surface area contributed by atoms with E-state index in [4.69, 9.17) is 14.9 Å². The molecule has 0 aromatic rings. The summed E-state index contributed by atoms with van der Waals surface area (Å²) < 4.78 is 10.9. The molecular formula is C21H37N3O4. The summed E-state index contributed by atoms with van der Waals surface area (Å²) in [6.45, 7) is 13.8. The molecule has 160 valence electrons. The molecule has 0 saturated carbocycles. The fourth-order valence-electron chi connectivity index (χ4n) is 3.73. The van der Waals surface area contributed by atoms with Gasteiger partial charge >= 0.3 is 12.2 Å². The molecule has 7 nitrogen and oxygen atoms in total. The molecule has 2 amide bonds. The van der Waals surface area contributed by atoms with Crippen LogP contribution in [0.15, 0.2) is 0 Å². The van der Waals surface area contributed by atoms with Crippen LogP contribution in [0.5, 0.6) is 0 Å². The van der Waals surface area contributed by atoms with E-state index in [1.54, 1.807) is 9.80 Å². The normalized spacial score (nSPS) is 20.1. The molecule has 0 aromatic heterocycles. The van der Waals surface area contributed by atoms with Crippen molar-refractivity contribution < 1.29 is 19.1 Å². The fourth-order valence-corrected chi connectivity index (χ4v) is 3.73. The lowest BCUT2D eigenvalue weighted by Gasteiger charge is -2.38. The monoisotopic (exact) mass is 395 g/mol. The van der Waals surface area contributed by atoms with E-state index in [-0.39, 0.29) is 24.0 Å². The van der Waals surface area contributed by atoms with Crippen LogP contribution in [0.3, 0.4) is 0 Å². The van der Waals surface area contributed by atoms with Crippen LogP contribution in [0.2, 0.25) is 0 Å². The first-order chi connectivity index (χ1) is 12.9. The van der Waals surface area contributed by atoms with Gasteiger partial charge in [-0.1, -0.05) is 0 Å². The molecule has 0 aromatic carbocycles. The summed E-state index contributed by atoms with van der Waals surface area (Å²) >= 11 is 0. The third kappa shape index (κ3) is 6.67. The second-order valence-electron chi connectivity index (χ2n) is 9.94. The smallest absolute Gasteiger partial charge is 0.410 e. The van der Waals surface area contributed by atoms with Gasteiger partial charge in [0.25, 0.3) is 0 Å². The molecule has 0 bridgehead atoms. The van der Waals surface area contributed by atoms with Crippen molar-refractivity contribution in [2.24, 2.45) is 11.8 Å². The first-order valence-corrected chi connectivity index (χ1v) is 10.4. The van der Waals surface area contributed by atoms with Crippen molar-refractivity contribution in [3.63, 3.8) is 0 Å². The molecule has 0 atom stereocenters. The second kappa shape index (κ2) is 8.70. The SMILES string of the molecule is CC(C)(C)OC(=O)N1CCC(C(=N)C2CCN(C(=O)OC(C)(C)C)CC2)CC1. The largest absolute Gasteiger partial charge is 0.444 e. The van der Waals surface area contributed by atoms with Crippen LogP contribution >= 0.6 is 0 Å². The van der Waals surface area contributed by atoms with Crippen molar-refractivity contribution in [2.45, 2.75) is 78.4 Å². The van der Waals surface area contributed by atoms with Crippen LogP contribution in [0.4, 0.5) is 9.59 Å². The minimum Gasteiger partial charge on any atom is -0.444 e. The maximum Gasteiger partial charge on any atom is 0.410 e. The van der Waals surface area contributed by atoms with Gasteiger partial charge in [0.1, 0.15) is 11.2 Å². The molecule has 1 N–H and O–H groups in total. The van der Waals surface area contributed by atoms with Gasteiger partial charge in [0.15, 0.2) is 0 Å². The zero-order valence-corrected chi connectivity index (χ0v) is 18.3. The minimum absolute atomic E-state index is 0.219. The van der Waals surface area contributed by atoms with E-state index in [2.05, 4.69) is 0 Å². The minimum atomic E-state index is -0.483. The Bertz CT molecular complexity index is 525. The predicted molar refractivity (Wildman–Crippen MR) is 109 cm³/mol. The lowest BCUT2D eigenvalue weighted by atomic mass is 9.81. The van der Waals surface area contributed by atoms with Crippen molar-refractivity contribution >= 4 is 17.9 Å². The van der Waals surface area contributed by atoms with Gasteiger partial charge in [-0.2, -0.15) is 0 Å². The van der Waals surface area contributed by atoms with Gasteiger partial charge in [0.05, 0.1) is 0 Å². The van der Waals surface area contributed by atoms with Crippen LogP contribution in [0.25, 0.3) is 0 Å². The second-order valence-corrected chi connectivity index (χ2v) is 9.94. The Morgan fingerprint density at radius 1 is 0.714 bits per heavy atom. The third-order valence-corrected chi connectivity index (χ3v) is 5.17. The van der Waals surface area contributed by atoms with Gasteiger partial charge in [-0.3, -0.25) is 0 Å². The number of hydrogen-bond acceptors (Lipinski definition) is 5. The number of amides is 2. The van der Waals surface area contributed by atoms with Crippen molar-refractivity contribution in [2.75, 3.05) is 26.2 Å². The number of carbonyl (C=O) groups is 2. The highest BCUT2D eigenvalue weighted by Crippen LogP contribution is 2.28. The molecule has 7 heteroatoms. The highest BCUT2D eigenvalue weighted by atomic mass is 16.6. The van der Waals surface area contributed by atoms with Crippen LogP contribution in [-0.4, -0.2) is 65.1 Å². The quantitative estimate of drug-likeness (QED) is 0.707. The number of rotatable bonds is 2. The Hall–Kier alpha value is -1.79. The maximum absolute atomic E-state index is 12.2. The fraction of sp³-hybridized carbons (Fsp3) is 0.857. The number of ether oxygens (including phenoxy) is 2. The van der Waals surface area contributed by atoms with Crippen molar-refractivity contribution in [3.05, 3.63) is 0 Å². The van der Waals surface area contributed by atoms with E-state index in [1.165, 1.54) is 0 Å². The standard InChI is InChI=1S/C21H37N3O4/c1-20(2,3)27-18(25)23-11-7-15(8-12-23)17(22)16-9-13-24(14-10-16)19(26)28-21(4,5)6/h15-16,22H,7-14H2,1-6H3. The number of carbonyl (C=O) groups excluding carboxylic acids is 2. The van der Waals surface area contributed by atoms with E-state index in [0.29, 0.717) is 26.2 Å². The van der Waals surface area contributed by atoms with Gasteiger partial charge in [-0.05, 0) is 67.2 Å². The summed E-state index contributed by atoms with van der Waals surface area (Å²) in [5.74, 6) is 0.438. The molecule has 0 aliphatic carbocycles. The Labute approximate surface area is 169 Å². The highest BCUT2D eigenvalue weighted by molar-refractivity contribution is 5.86. The molecule has 0 unspecified atom stereocenters. The summed E-state index contributed by atoms with van der Waals surface area (Å²) in [6, 6.07) is 0. The van der Waals surface area contributed by atoms with Crippen molar-refractivity contribution in [1.82, 2.24) is 9.80 Å². The van der Waals surface area contributed by atoms with E-state index in [1.807, 2.05) is 41.5 Å². The van der Waals surface area contributed by atoms with E-state index < -0.39 is 11.2 Å². The van der Waals surface area contributed by atoms with Gasteiger partial charge in [-0.25, -0.2) is 9.59 Å². The average molecular weight is 396 g/mol. The lowest BCUT2D eigenvalue weighted by Crippen LogP contribution is -2.46. The highest BCUT2D eigenvalue weighted by Gasteiger charge is 2.33. The van der Waals surface area contributed by atoms with Crippen LogP contribution in [0.1, 0.15) is 67.2 Å². The first-order valence-electron chi connectivity index (χ1n) is 10.4. The zero-order chi connectivity index (χ0) is 21.1. The topological polar surface area (TPSA) is 82.9 Å². The number of nitrogens with one attached hydrogen (secondary N) is 1. The zero-order valence-electron chi connectivity index (χ0n) is 18.3. The molecule has 2 aliphatic rings. The van der Waals surface area contributed by atoms with Crippen molar-refractivity contribution in [3.8, 4) is 0 Å². The van der Waals surface area contributed by atoms with Gasteiger partial charge in [0, 0.05) is 43.7 Å². The number of likely N-dealkylation sites (tertiary alicyclic amines) is 2. The summed E-state index contributed by atoms with van der Waals surface area (Å²) in [5.41, 5.74) is -0.182. The van der Waals surface area contributed by atoms with Gasteiger partial charge in [0.2, 0.25) is 0 Å². The van der Waals surface area contributed by atoms with E-state index in [9.17, 15) is 9.59 Å². The average Bonchev–Trinajstić information content (AvgIpc) is 2.58. The molecular weight excluding hydrogens is 358 g/mol. The maximum atomic E-state index is 12.2. The number of nitrogens with zero attached hydrogens (tertiary/aromatic N) is 2. The molecule has 2 rings (SSSR count). The van der Waals surface area contributed by atoms with E-state index >= 15 is 0 Å². The molecule has 2 aliphatic heterocycles. The molecule has 0 radical (unpaired) electrons. The molecule has 2 saturated heterocycles. The first kappa shape index (κ1) is 22.5. The summed E-state index contributed by atoms with van der Waals surface area (Å²) in [7, 11) is 0. The summed E-state index contributed by atoms with van der Waals surface area (Å²) in [5, 5.41) is 8.64. The molecule has 28 heavy (non-hydrogen) atoms. The van der Waals surface area contributed by atoms with Crippen LogP contribution in [0, 0.1) is 17.2 Å².